The molecule has 1 aromatic rings. The number of hydrogen-bond acceptors (Lipinski definition) is 4. The van der Waals surface area contributed by atoms with Crippen LogP contribution in [-0.2, 0) is 0 Å². The number of hydrogen-bond donors (Lipinski definition) is 1. The fourth-order valence-electron chi connectivity index (χ4n) is 0.873. The highest BCUT2D eigenvalue weighted by Crippen LogP contribution is 2.21. The van der Waals surface area contributed by atoms with E-state index in [1.807, 2.05) is 6.92 Å². The normalized spacial score (nSPS) is 9.42. The van der Waals surface area contributed by atoms with Crippen LogP contribution in [0, 0.1) is 10.1 Å². The Morgan fingerprint density at radius 2 is 2.50 bits per heavy atom. The number of pyridine rings is 1. The lowest BCUT2D eigenvalue weighted by Crippen LogP contribution is -2.01. The first kappa shape index (κ1) is 8.45. The second-order valence-electron chi connectivity index (χ2n) is 2.18. The van der Waals surface area contributed by atoms with Gasteiger partial charge in [-0.15, -0.1) is 0 Å². The van der Waals surface area contributed by atoms with Crippen molar-refractivity contribution in [2.75, 3.05) is 11.9 Å². The van der Waals surface area contributed by atoms with Crippen LogP contribution in [-0.4, -0.2) is 16.5 Å². The molecule has 0 atom stereocenters. The van der Waals surface area contributed by atoms with Crippen LogP contribution in [0.3, 0.4) is 0 Å². The monoisotopic (exact) mass is 167 g/mol. The molecule has 0 aliphatic carbocycles. The molecule has 0 unspecified atom stereocenters. The van der Waals surface area contributed by atoms with E-state index in [0.29, 0.717) is 12.2 Å². The van der Waals surface area contributed by atoms with Crippen molar-refractivity contribution in [1.82, 2.24) is 4.98 Å². The van der Waals surface area contributed by atoms with Gasteiger partial charge in [0.15, 0.2) is 0 Å². The van der Waals surface area contributed by atoms with E-state index in [4.69, 9.17) is 0 Å². The van der Waals surface area contributed by atoms with Gasteiger partial charge in [0, 0.05) is 18.8 Å². The van der Waals surface area contributed by atoms with Gasteiger partial charge in [-0.3, -0.25) is 15.1 Å². The van der Waals surface area contributed by atoms with E-state index in [0.717, 1.165) is 0 Å². The number of aromatic nitrogens is 1. The molecular formula is C7H9N3O2. The molecule has 0 aliphatic heterocycles. The quantitative estimate of drug-likeness (QED) is 0.546. The Bertz CT molecular complexity index is 288. The van der Waals surface area contributed by atoms with E-state index < -0.39 is 4.92 Å². The average Bonchev–Trinajstić information content (AvgIpc) is 2.05. The van der Waals surface area contributed by atoms with Gasteiger partial charge in [-0.2, -0.15) is 0 Å². The van der Waals surface area contributed by atoms with E-state index in [-0.39, 0.29) is 5.69 Å². The number of nitro groups is 1. The van der Waals surface area contributed by atoms with Crippen molar-refractivity contribution in [3.63, 3.8) is 0 Å². The van der Waals surface area contributed by atoms with Crippen LogP contribution in [0.15, 0.2) is 18.5 Å². The minimum atomic E-state index is -0.431. The van der Waals surface area contributed by atoms with Crippen LogP contribution >= 0.6 is 0 Å². The maximum atomic E-state index is 10.4. The molecule has 0 bridgehead atoms. The third-order valence-corrected chi connectivity index (χ3v) is 1.36. The molecule has 1 N–H and O–H groups in total. The highest BCUT2D eigenvalue weighted by Gasteiger charge is 2.10. The van der Waals surface area contributed by atoms with E-state index >= 15 is 0 Å². The van der Waals surface area contributed by atoms with Crippen molar-refractivity contribution in [2.45, 2.75) is 6.92 Å². The third-order valence-electron chi connectivity index (χ3n) is 1.36. The first-order valence-corrected chi connectivity index (χ1v) is 3.58. The number of nitrogens with one attached hydrogen (secondary N) is 1. The van der Waals surface area contributed by atoms with Crippen LogP contribution < -0.4 is 5.32 Å². The summed E-state index contributed by atoms with van der Waals surface area (Å²) in [6.07, 6.45) is 2.85. The predicted octanol–water partition coefficient (Wildman–Crippen LogP) is 1.42. The average molecular weight is 167 g/mol. The molecule has 0 aliphatic rings. The molecular weight excluding hydrogens is 158 g/mol. The van der Waals surface area contributed by atoms with Crippen LogP contribution in [0.5, 0.6) is 0 Å². The van der Waals surface area contributed by atoms with Gasteiger partial charge >= 0.3 is 0 Å². The van der Waals surface area contributed by atoms with Crippen molar-refractivity contribution in [3.05, 3.63) is 28.6 Å². The topological polar surface area (TPSA) is 68.1 Å². The first-order chi connectivity index (χ1) is 5.75. The zero-order chi connectivity index (χ0) is 8.97. The molecule has 5 heteroatoms. The molecule has 0 fully saturated rings. The van der Waals surface area contributed by atoms with Crippen molar-refractivity contribution in [2.24, 2.45) is 0 Å². The molecule has 1 aromatic heterocycles. The fourth-order valence-corrected chi connectivity index (χ4v) is 0.873. The van der Waals surface area contributed by atoms with Crippen molar-refractivity contribution in [3.8, 4) is 0 Å². The summed E-state index contributed by atoms with van der Waals surface area (Å²) in [5.41, 5.74) is 0.525. The Kier molecular flexibility index (Phi) is 2.57. The SMILES string of the molecule is CCNc1cnccc1[N+](=O)[O-]. The van der Waals surface area contributed by atoms with Gasteiger partial charge in [-0.05, 0) is 6.92 Å². The molecule has 0 radical (unpaired) electrons. The van der Waals surface area contributed by atoms with Gasteiger partial charge < -0.3 is 5.32 Å². The molecule has 1 rings (SSSR count). The highest BCUT2D eigenvalue weighted by atomic mass is 16.6. The summed E-state index contributed by atoms with van der Waals surface area (Å²) < 4.78 is 0. The van der Waals surface area contributed by atoms with Crippen molar-refractivity contribution >= 4 is 11.4 Å². The van der Waals surface area contributed by atoms with Gasteiger partial charge in [0.2, 0.25) is 0 Å². The second kappa shape index (κ2) is 3.66. The Labute approximate surface area is 69.6 Å². The van der Waals surface area contributed by atoms with E-state index in [2.05, 4.69) is 10.3 Å². The summed E-state index contributed by atoms with van der Waals surface area (Å²) in [6, 6.07) is 1.37. The molecule has 64 valence electrons. The Hall–Kier alpha value is -1.65. The minimum absolute atomic E-state index is 0.0619. The second-order valence-corrected chi connectivity index (χ2v) is 2.18. The van der Waals surface area contributed by atoms with E-state index in [1.165, 1.54) is 18.5 Å². The molecule has 1 heterocycles. The van der Waals surface area contributed by atoms with Crippen molar-refractivity contribution < 1.29 is 4.92 Å². The van der Waals surface area contributed by atoms with Crippen LogP contribution in [0.4, 0.5) is 11.4 Å². The van der Waals surface area contributed by atoms with Gasteiger partial charge in [-0.1, -0.05) is 0 Å². The zero-order valence-electron chi connectivity index (χ0n) is 6.65. The van der Waals surface area contributed by atoms with E-state index in [9.17, 15) is 10.1 Å². The molecule has 12 heavy (non-hydrogen) atoms. The van der Waals surface area contributed by atoms with Gasteiger partial charge in [0.05, 0.1) is 11.1 Å². The summed E-state index contributed by atoms with van der Waals surface area (Å²) in [4.78, 5) is 13.8. The summed E-state index contributed by atoms with van der Waals surface area (Å²) >= 11 is 0. The van der Waals surface area contributed by atoms with E-state index in [1.54, 1.807) is 0 Å². The Morgan fingerprint density at radius 1 is 1.75 bits per heavy atom. The zero-order valence-corrected chi connectivity index (χ0v) is 6.65. The maximum Gasteiger partial charge on any atom is 0.295 e. The molecule has 0 spiro atoms. The predicted molar refractivity (Wildman–Crippen MR) is 45.1 cm³/mol. The highest BCUT2D eigenvalue weighted by molar-refractivity contribution is 5.59. The Balaban J connectivity index is 3.00. The molecule has 0 amide bonds. The summed E-state index contributed by atoms with van der Waals surface area (Å²) in [5.74, 6) is 0. The van der Waals surface area contributed by atoms with Crippen LogP contribution in [0.1, 0.15) is 6.92 Å². The van der Waals surface area contributed by atoms with Gasteiger partial charge in [0.25, 0.3) is 5.69 Å². The lowest BCUT2D eigenvalue weighted by Gasteiger charge is -2.01. The van der Waals surface area contributed by atoms with Crippen LogP contribution in [0.2, 0.25) is 0 Å². The van der Waals surface area contributed by atoms with Crippen molar-refractivity contribution in [1.29, 1.82) is 0 Å². The molecule has 5 nitrogen and oxygen atoms in total. The smallest absolute Gasteiger partial charge is 0.295 e. The minimum Gasteiger partial charge on any atom is -0.379 e. The third kappa shape index (κ3) is 1.69. The molecule has 0 saturated carbocycles. The summed E-state index contributed by atoms with van der Waals surface area (Å²) in [7, 11) is 0. The number of anilines is 1. The lowest BCUT2D eigenvalue weighted by atomic mass is 10.3. The Morgan fingerprint density at radius 3 is 3.08 bits per heavy atom. The standard InChI is InChI=1S/C7H9N3O2/c1-2-9-6-5-8-4-3-7(6)10(11)12/h3-5,9H,2H2,1H3. The first-order valence-electron chi connectivity index (χ1n) is 3.58. The lowest BCUT2D eigenvalue weighted by molar-refractivity contribution is -0.384. The van der Waals surface area contributed by atoms with Gasteiger partial charge in [-0.25, -0.2) is 0 Å². The summed E-state index contributed by atoms with van der Waals surface area (Å²) in [5, 5.41) is 13.3. The number of nitrogens with zero attached hydrogens (tertiary/aromatic N) is 2. The molecule has 0 saturated heterocycles. The van der Waals surface area contributed by atoms with Gasteiger partial charge in [0.1, 0.15) is 5.69 Å². The fraction of sp³-hybridized carbons (Fsp3) is 0.286. The summed E-state index contributed by atoms with van der Waals surface area (Å²) in [6.45, 7) is 2.52. The molecule has 0 aromatic carbocycles. The number of rotatable bonds is 3. The maximum absolute atomic E-state index is 10.4. The van der Waals surface area contributed by atoms with Crippen LogP contribution in [0.25, 0.3) is 0 Å². The largest absolute Gasteiger partial charge is 0.379 e.